The van der Waals surface area contributed by atoms with Gasteiger partial charge in [-0.3, -0.25) is 4.79 Å². The number of pyridine rings is 1. The van der Waals surface area contributed by atoms with Gasteiger partial charge in [0.2, 0.25) is 0 Å². The Morgan fingerprint density at radius 1 is 1.03 bits per heavy atom. The molecule has 0 saturated heterocycles. The molecule has 1 unspecified atom stereocenters. The van der Waals surface area contributed by atoms with Gasteiger partial charge in [0.1, 0.15) is 6.07 Å². The molecule has 0 radical (unpaired) electrons. The predicted molar refractivity (Wildman–Crippen MR) is 127 cm³/mol. The predicted octanol–water partition coefficient (Wildman–Crippen LogP) is 5.61. The first-order valence-electron chi connectivity index (χ1n) is 10.1. The van der Waals surface area contributed by atoms with Gasteiger partial charge in [-0.25, -0.2) is 9.78 Å². The number of ether oxygens (including phenoxy) is 1. The van der Waals surface area contributed by atoms with E-state index in [-0.39, 0.29) is 5.56 Å². The summed E-state index contributed by atoms with van der Waals surface area (Å²) in [5.74, 6) is -1.21. The molecule has 162 valence electrons. The standard InChI is InChI=1S/C26H18ClN3O3/c1-16(25(31)30-22-12-6-2-8-17(22)15-28)33-26(32)20-14-24(19-10-3-5-11-21(19)27)29-23-13-7-4-9-18(20)23/h2-14,16H,1H3,(H,30,31). The highest BCUT2D eigenvalue weighted by Gasteiger charge is 2.22. The fourth-order valence-corrected chi connectivity index (χ4v) is 3.59. The molecule has 0 aliphatic rings. The first kappa shape index (κ1) is 22.0. The van der Waals surface area contributed by atoms with Crippen LogP contribution < -0.4 is 5.32 Å². The number of carbonyl (C=O) groups excluding carboxylic acids is 2. The summed E-state index contributed by atoms with van der Waals surface area (Å²) in [5.41, 5.74) is 2.73. The molecule has 4 rings (SSSR count). The first-order chi connectivity index (χ1) is 16.0. The van der Waals surface area contributed by atoms with E-state index in [0.717, 1.165) is 0 Å². The van der Waals surface area contributed by atoms with Crippen molar-refractivity contribution < 1.29 is 14.3 Å². The van der Waals surface area contributed by atoms with Crippen LogP contribution in [0.4, 0.5) is 5.69 Å². The van der Waals surface area contributed by atoms with Crippen molar-refractivity contribution in [3.8, 4) is 17.3 Å². The van der Waals surface area contributed by atoms with Crippen LogP contribution in [0.1, 0.15) is 22.8 Å². The molecule has 1 heterocycles. The number of fused-ring (bicyclic) bond motifs is 1. The topological polar surface area (TPSA) is 92.1 Å². The number of nitriles is 1. The van der Waals surface area contributed by atoms with Crippen molar-refractivity contribution in [2.45, 2.75) is 13.0 Å². The minimum absolute atomic E-state index is 0.271. The fraction of sp³-hybridized carbons (Fsp3) is 0.0769. The van der Waals surface area contributed by atoms with Crippen molar-refractivity contribution in [2.75, 3.05) is 5.32 Å². The molecule has 6 nitrogen and oxygen atoms in total. The molecule has 1 amide bonds. The summed E-state index contributed by atoms with van der Waals surface area (Å²) < 4.78 is 5.48. The van der Waals surface area contributed by atoms with E-state index in [1.807, 2.05) is 30.3 Å². The molecular weight excluding hydrogens is 438 g/mol. The zero-order chi connectivity index (χ0) is 23.4. The Kier molecular flexibility index (Phi) is 6.34. The number of benzene rings is 3. The minimum Gasteiger partial charge on any atom is -0.449 e. The smallest absolute Gasteiger partial charge is 0.339 e. The van der Waals surface area contributed by atoms with E-state index in [1.54, 1.807) is 54.6 Å². The summed E-state index contributed by atoms with van der Waals surface area (Å²) in [6.45, 7) is 1.47. The van der Waals surface area contributed by atoms with Crippen LogP contribution in [0.25, 0.3) is 22.2 Å². The van der Waals surface area contributed by atoms with E-state index in [9.17, 15) is 14.9 Å². The van der Waals surface area contributed by atoms with Crippen LogP contribution in [0.15, 0.2) is 78.9 Å². The van der Waals surface area contributed by atoms with Crippen molar-refractivity contribution in [1.82, 2.24) is 4.98 Å². The molecule has 7 heteroatoms. The monoisotopic (exact) mass is 455 g/mol. The van der Waals surface area contributed by atoms with Crippen LogP contribution in [0.2, 0.25) is 5.02 Å². The van der Waals surface area contributed by atoms with Gasteiger partial charge in [-0.2, -0.15) is 5.26 Å². The number of rotatable bonds is 5. The van der Waals surface area contributed by atoms with Crippen molar-refractivity contribution in [3.05, 3.63) is 95.0 Å². The maximum absolute atomic E-state index is 13.1. The highest BCUT2D eigenvalue weighted by atomic mass is 35.5. The summed E-state index contributed by atoms with van der Waals surface area (Å²) in [4.78, 5) is 30.4. The Bertz CT molecular complexity index is 1410. The Labute approximate surface area is 195 Å². The van der Waals surface area contributed by atoms with Gasteiger partial charge in [0.25, 0.3) is 5.91 Å². The van der Waals surface area contributed by atoms with E-state index in [4.69, 9.17) is 16.3 Å². The lowest BCUT2D eigenvalue weighted by Crippen LogP contribution is -2.30. The molecule has 0 fully saturated rings. The highest BCUT2D eigenvalue weighted by Crippen LogP contribution is 2.30. The number of anilines is 1. The van der Waals surface area contributed by atoms with Gasteiger partial charge < -0.3 is 10.1 Å². The Morgan fingerprint density at radius 2 is 1.73 bits per heavy atom. The molecule has 1 atom stereocenters. The SMILES string of the molecule is CC(OC(=O)c1cc(-c2ccccc2Cl)nc2ccccc12)C(=O)Nc1ccccc1C#N. The van der Waals surface area contributed by atoms with Crippen LogP contribution in [-0.2, 0) is 9.53 Å². The maximum atomic E-state index is 13.1. The zero-order valence-electron chi connectivity index (χ0n) is 17.6. The Balaban J connectivity index is 1.63. The van der Waals surface area contributed by atoms with E-state index in [1.165, 1.54) is 6.92 Å². The lowest BCUT2D eigenvalue weighted by Gasteiger charge is -2.15. The fourth-order valence-electron chi connectivity index (χ4n) is 3.35. The molecule has 0 aliphatic heterocycles. The van der Waals surface area contributed by atoms with Gasteiger partial charge in [0.15, 0.2) is 6.10 Å². The second kappa shape index (κ2) is 9.51. The number of carbonyl (C=O) groups is 2. The van der Waals surface area contributed by atoms with Crippen LogP contribution >= 0.6 is 11.6 Å². The number of halogens is 1. The lowest BCUT2D eigenvalue weighted by atomic mass is 10.0. The average molecular weight is 456 g/mol. The molecular formula is C26H18ClN3O3. The molecule has 1 N–H and O–H groups in total. The number of aromatic nitrogens is 1. The van der Waals surface area contributed by atoms with Crippen LogP contribution in [0, 0.1) is 11.3 Å². The number of nitrogens with zero attached hydrogens (tertiary/aromatic N) is 2. The molecule has 0 saturated carbocycles. The number of hydrogen-bond donors (Lipinski definition) is 1. The minimum atomic E-state index is -1.10. The van der Waals surface area contributed by atoms with Crippen molar-refractivity contribution >= 4 is 40.1 Å². The number of esters is 1. The maximum Gasteiger partial charge on any atom is 0.339 e. The molecule has 4 aromatic rings. The van der Waals surface area contributed by atoms with Crippen LogP contribution in [0.3, 0.4) is 0 Å². The average Bonchev–Trinajstić information content (AvgIpc) is 2.83. The van der Waals surface area contributed by atoms with Crippen molar-refractivity contribution in [2.24, 2.45) is 0 Å². The molecule has 33 heavy (non-hydrogen) atoms. The van der Waals surface area contributed by atoms with Gasteiger partial charge in [0.05, 0.1) is 28.0 Å². The summed E-state index contributed by atoms with van der Waals surface area (Å²) in [5, 5.41) is 12.9. The van der Waals surface area contributed by atoms with Gasteiger partial charge in [-0.15, -0.1) is 0 Å². The summed E-state index contributed by atoms with van der Waals surface area (Å²) in [7, 11) is 0. The van der Waals surface area contributed by atoms with E-state index < -0.39 is 18.0 Å². The molecule has 0 spiro atoms. The van der Waals surface area contributed by atoms with Gasteiger partial charge >= 0.3 is 5.97 Å². The largest absolute Gasteiger partial charge is 0.449 e. The lowest BCUT2D eigenvalue weighted by molar-refractivity contribution is -0.123. The molecule has 1 aromatic heterocycles. The highest BCUT2D eigenvalue weighted by molar-refractivity contribution is 6.33. The number of nitrogens with one attached hydrogen (secondary N) is 1. The molecule has 3 aromatic carbocycles. The van der Waals surface area contributed by atoms with E-state index >= 15 is 0 Å². The van der Waals surface area contributed by atoms with Crippen LogP contribution in [0.5, 0.6) is 0 Å². The second-order valence-electron chi connectivity index (χ2n) is 7.25. The van der Waals surface area contributed by atoms with E-state index in [0.29, 0.717) is 38.4 Å². The molecule has 0 aliphatic carbocycles. The summed E-state index contributed by atoms with van der Waals surface area (Å²) in [6.07, 6.45) is -1.10. The summed E-state index contributed by atoms with van der Waals surface area (Å²) in [6, 6.07) is 24.6. The number of hydrogen-bond acceptors (Lipinski definition) is 5. The Hall–Kier alpha value is -4.21. The number of amides is 1. The third kappa shape index (κ3) is 4.69. The first-order valence-corrected chi connectivity index (χ1v) is 10.5. The third-order valence-corrected chi connectivity index (χ3v) is 5.37. The van der Waals surface area contributed by atoms with Gasteiger partial charge in [0, 0.05) is 16.0 Å². The van der Waals surface area contributed by atoms with Gasteiger partial charge in [-0.1, -0.05) is 60.1 Å². The quantitative estimate of drug-likeness (QED) is 0.395. The summed E-state index contributed by atoms with van der Waals surface area (Å²) >= 11 is 6.34. The van der Waals surface area contributed by atoms with Gasteiger partial charge in [-0.05, 0) is 37.3 Å². The third-order valence-electron chi connectivity index (χ3n) is 5.04. The van der Waals surface area contributed by atoms with Crippen LogP contribution in [-0.4, -0.2) is 23.0 Å². The Morgan fingerprint density at radius 3 is 2.52 bits per heavy atom. The normalized spacial score (nSPS) is 11.4. The zero-order valence-corrected chi connectivity index (χ0v) is 18.3. The second-order valence-corrected chi connectivity index (χ2v) is 7.65. The van der Waals surface area contributed by atoms with E-state index in [2.05, 4.69) is 10.3 Å². The van der Waals surface area contributed by atoms with Crippen molar-refractivity contribution in [1.29, 1.82) is 5.26 Å². The van der Waals surface area contributed by atoms with Crippen molar-refractivity contribution in [3.63, 3.8) is 0 Å². The molecule has 0 bridgehead atoms. The number of para-hydroxylation sites is 2.